The van der Waals surface area contributed by atoms with Crippen LogP contribution >= 0.6 is 0 Å². The molecule has 0 radical (unpaired) electrons. The highest BCUT2D eigenvalue weighted by molar-refractivity contribution is 7.91. The van der Waals surface area contributed by atoms with Gasteiger partial charge < -0.3 is 10.1 Å². The molecule has 1 saturated heterocycles. The third-order valence-corrected chi connectivity index (χ3v) is 5.16. The van der Waals surface area contributed by atoms with Gasteiger partial charge in [0.05, 0.1) is 18.5 Å². The van der Waals surface area contributed by atoms with Gasteiger partial charge in [0.2, 0.25) is 0 Å². The summed E-state index contributed by atoms with van der Waals surface area (Å²) in [6.07, 6.45) is 3.45. The lowest BCUT2D eigenvalue weighted by Crippen LogP contribution is -2.32. The summed E-state index contributed by atoms with van der Waals surface area (Å²) in [5.41, 5.74) is 0. The smallest absolute Gasteiger partial charge is 0.150 e. The molecule has 1 fully saturated rings. The second kappa shape index (κ2) is 8.66. The molecule has 1 heterocycles. The molecule has 1 N–H and O–H groups in total. The van der Waals surface area contributed by atoms with Crippen molar-refractivity contribution in [3.05, 3.63) is 0 Å². The van der Waals surface area contributed by atoms with E-state index in [4.69, 9.17) is 4.74 Å². The Morgan fingerprint density at radius 1 is 1.26 bits per heavy atom. The van der Waals surface area contributed by atoms with Crippen LogP contribution in [0.3, 0.4) is 0 Å². The van der Waals surface area contributed by atoms with Crippen LogP contribution in [-0.4, -0.2) is 51.5 Å². The first-order valence-electron chi connectivity index (χ1n) is 7.08. The molecule has 0 unspecified atom stereocenters. The van der Waals surface area contributed by atoms with E-state index in [1.165, 1.54) is 0 Å². The van der Waals surface area contributed by atoms with E-state index in [9.17, 15) is 13.2 Å². The van der Waals surface area contributed by atoms with E-state index in [1.54, 1.807) is 6.92 Å². The molecule has 0 aliphatic carbocycles. The van der Waals surface area contributed by atoms with Crippen LogP contribution < -0.4 is 5.32 Å². The number of carbonyl (C=O) groups is 1. The van der Waals surface area contributed by atoms with E-state index in [0.29, 0.717) is 25.9 Å². The van der Waals surface area contributed by atoms with Crippen LogP contribution in [0.2, 0.25) is 0 Å². The number of ether oxygens (including phenoxy) is 1. The molecule has 19 heavy (non-hydrogen) atoms. The number of sulfone groups is 1. The number of Topliss-reactive ketones (excluding diaryl/α,β-unsaturated/α-hetero) is 1. The SMILES string of the molecule is CCS(=O)(=O)CCCC(=O)CCOC1CCNCC1. The zero-order valence-corrected chi connectivity index (χ0v) is 12.5. The first-order chi connectivity index (χ1) is 9.03. The van der Waals surface area contributed by atoms with Gasteiger partial charge in [-0.15, -0.1) is 0 Å². The Balaban J connectivity index is 2.04. The predicted molar refractivity (Wildman–Crippen MR) is 75.0 cm³/mol. The Morgan fingerprint density at radius 3 is 2.58 bits per heavy atom. The third kappa shape index (κ3) is 7.64. The van der Waals surface area contributed by atoms with Crippen molar-refractivity contribution in [3.8, 4) is 0 Å². The van der Waals surface area contributed by atoms with Crippen molar-refractivity contribution < 1.29 is 17.9 Å². The van der Waals surface area contributed by atoms with Crippen molar-refractivity contribution in [3.63, 3.8) is 0 Å². The first-order valence-corrected chi connectivity index (χ1v) is 8.90. The summed E-state index contributed by atoms with van der Waals surface area (Å²) >= 11 is 0. The summed E-state index contributed by atoms with van der Waals surface area (Å²) in [5, 5.41) is 3.26. The molecule has 0 aromatic carbocycles. The maximum atomic E-state index is 11.6. The van der Waals surface area contributed by atoms with Crippen LogP contribution in [-0.2, 0) is 19.4 Å². The van der Waals surface area contributed by atoms with Gasteiger partial charge in [0, 0.05) is 18.6 Å². The van der Waals surface area contributed by atoms with Gasteiger partial charge in [0.1, 0.15) is 15.6 Å². The lowest BCUT2D eigenvalue weighted by Gasteiger charge is -2.22. The van der Waals surface area contributed by atoms with Gasteiger partial charge in [-0.3, -0.25) is 4.79 Å². The Kier molecular flexibility index (Phi) is 7.56. The molecule has 1 rings (SSSR count). The molecule has 0 aromatic rings. The van der Waals surface area contributed by atoms with Crippen molar-refractivity contribution in [2.24, 2.45) is 0 Å². The first kappa shape index (κ1) is 16.6. The summed E-state index contributed by atoms with van der Waals surface area (Å²) in [6, 6.07) is 0. The standard InChI is InChI=1S/C13H25NO4S/c1-2-19(16,17)11-3-4-12(15)7-10-18-13-5-8-14-9-6-13/h13-14H,2-11H2,1H3. The Hall–Kier alpha value is -0.460. The Bertz CT molecular complexity index is 361. The Labute approximate surface area is 116 Å². The monoisotopic (exact) mass is 291 g/mol. The third-order valence-electron chi connectivity index (χ3n) is 3.37. The maximum Gasteiger partial charge on any atom is 0.150 e. The average molecular weight is 291 g/mol. The molecule has 0 spiro atoms. The van der Waals surface area contributed by atoms with Crippen molar-refractivity contribution in [1.29, 1.82) is 0 Å². The van der Waals surface area contributed by atoms with Gasteiger partial charge in [-0.25, -0.2) is 8.42 Å². The fourth-order valence-corrected chi connectivity index (χ4v) is 2.93. The fraction of sp³-hybridized carbons (Fsp3) is 0.923. The van der Waals surface area contributed by atoms with Gasteiger partial charge in [0.25, 0.3) is 0 Å². The minimum atomic E-state index is -2.94. The predicted octanol–water partition coefficient (Wildman–Crippen LogP) is 0.929. The molecule has 0 saturated carbocycles. The van der Waals surface area contributed by atoms with Crippen LogP contribution in [0.1, 0.15) is 39.0 Å². The molecule has 5 nitrogen and oxygen atoms in total. The Morgan fingerprint density at radius 2 is 1.95 bits per heavy atom. The summed E-state index contributed by atoms with van der Waals surface area (Å²) < 4.78 is 28.2. The van der Waals surface area contributed by atoms with Gasteiger partial charge in [-0.2, -0.15) is 0 Å². The van der Waals surface area contributed by atoms with Crippen molar-refractivity contribution in [2.75, 3.05) is 31.2 Å². The molecule has 1 aliphatic heterocycles. The number of carbonyl (C=O) groups excluding carboxylic acids is 1. The van der Waals surface area contributed by atoms with Crippen molar-refractivity contribution in [2.45, 2.75) is 45.1 Å². The zero-order chi connectivity index (χ0) is 14.1. The lowest BCUT2D eigenvalue weighted by molar-refractivity contribution is -0.120. The van der Waals surface area contributed by atoms with E-state index in [1.807, 2.05) is 0 Å². The molecule has 112 valence electrons. The summed E-state index contributed by atoms with van der Waals surface area (Å²) in [6.45, 7) is 4.05. The molecule has 0 aromatic heterocycles. The van der Waals surface area contributed by atoms with Gasteiger partial charge >= 0.3 is 0 Å². The topological polar surface area (TPSA) is 72.5 Å². The van der Waals surface area contributed by atoms with Crippen molar-refractivity contribution in [1.82, 2.24) is 5.32 Å². The normalized spacial score (nSPS) is 17.5. The van der Waals surface area contributed by atoms with Crippen LogP contribution in [0.25, 0.3) is 0 Å². The number of hydrogen-bond acceptors (Lipinski definition) is 5. The highest BCUT2D eigenvalue weighted by Crippen LogP contribution is 2.08. The maximum absolute atomic E-state index is 11.6. The molecule has 6 heteroatoms. The fourth-order valence-electron chi connectivity index (χ4n) is 2.06. The largest absolute Gasteiger partial charge is 0.378 e. The van der Waals surface area contributed by atoms with Crippen LogP contribution in [0.5, 0.6) is 0 Å². The second-order valence-electron chi connectivity index (χ2n) is 4.95. The average Bonchev–Trinajstić information content (AvgIpc) is 2.40. The minimum absolute atomic E-state index is 0.0974. The minimum Gasteiger partial charge on any atom is -0.378 e. The summed E-state index contributed by atoms with van der Waals surface area (Å²) in [5.74, 6) is 0.366. The highest BCUT2D eigenvalue weighted by atomic mass is 32.2. The lowest BCUT2D eigenvalue weighted by atomic mass is 10.1. The molecule has 0 amide bonds. The molecule has 0 bridgehead atoms. The van der Waals surface area contributed by atoms with E-state index < -0.39 is 9.84 Å². The van der Waals surface area contributed by atoms with E-state index in [0.717, 1.165) is 25.9 Å². The number of rotatable bonds is 9. The van der Waals surface area contributed by atoms with Gasteiger partial charge in [-0.1, -0.05) is 6.92 Å². The summed E-state index contributed by atoms with van der Waals surface area (Å²) in [4.78, 5) is 11.6. The van der Waals surface area contributed by atoms with Gasteiger partial charge in [0.15, 0.2) is 0 Å². The van der Waals surface area contributed by atoms with E-state index >= 15 is 0 Å². The number of piperidine rings is 1. The van der Waals surface area contributed by atoms with Crippen LogP contribution in [0, 0.1) is 0 Å². The van der Waals surface area contributed by atoms with Crippen LogP contribution in [0.15, 0.2) is 0 Å². The second-order valence-corrected chi connectivity index (χ2v) is 7.42. The van der Waals surface area contributed by atoms with E-state index in [-0.39, 0.29) is 23.4 Å². The van der Waals surface area contributed by atoms with E-state index in [2.05, 4.69) is 5.32 Å². The van der Waals surface area contributed by atoms with Gasteiger partial charge in [-0.05, 0) is 32.4 Å². The zero-order valence-electron chi connectivity index (χ0n) is 11.7. The molecular weight excluding hydrogens is 266 g/mol. The molecule has 0 atom stereocenters. The number of hydrogen-bond donors (Lipinski definition) is 1. The quantitative estimate of drug-likeness (QED) is 0.684. The van der Waals surface area contributed by atoms with Crippen molar-refractivity contribution >= 4 is 15.6 Å². The number of ketones is 1. The van der Waals surface area contributed by atoms with Crippen LogP contribution in [0.4, 0.5) is 0 Å². The molecule has 1 aliphatic rings. The summed E-state index contributed by atoms with van der Waals surface area (Å²) in [7, 11) is -2.94. The molecular formula is C13H25NO4S. The highest BCUT2D eigenvalue weighted by Gasteiger charge is 2.14. The number of nitrogens with one attached hydrogen (secondary N) is 1.